The Bertz CT molecular complexity index is 755. The Labute approximate surface area is 126 Å². The zero-order chi connectivity index (χ0) is 15.5. The predicted octanol–water partition coefficient (Wildman–Crippen LogP) is 0.932. The van der Waals surface area contributed by atoms with E-state index in [2.05, 4.69) is 10.9 Å². The Morgan fingerprint density at radius 3 is 2.68 bits per heavy atom. The lowest BCUT2D eigenvalue weighted by atomic mass is 10.1. The van der Waals surface area contributed by atoms with E-state index in [1.54, 1.807) is 24.3 Å². The molecule has 1 fully saturated rings. The van der Waals surface area contributed by atoms with E-state index in [0.29, 0.717) is 11.1 Å². The molecule has 22 heavy (non-hydrogen) atoms. The van der Waals surface area contributed by atoms with Crippen LogP contribution in [0.25, 0.3) is 11.1 Å². The third-order valence-corrected chi connectivity index (χ3v) is 3.93. The molecule has 0 radical (unpaired) electrons. The van der Waals surface area contributed by atoms with E-state index in [1.165, 1.54) is 4.57 Å². The van der Waals surface area contributed by atoms with E-state index < -0.39 is 11.7 Å². The Morgan fingerprint density at radius 1 is 1.18 bits per heavy atom. The van der Waals surface area contributed by atoms with E-state index in [4.69, 9.17) is 4.42 Å². The van der Waals surface area contributed by atoms with Gasteiger partial charge in [0.2, 0.25) is 5.91 Å². The van der Waals surface area contributed by atoms with Gasteiger partial charge in [-0.15, -0.1) is 0 Å². The third-order valence-electron chi connectivity index (χ3n) is 3.93. The number of benzene rings is 1. The minimum absolute atomic E-state index is 0.0298. The van der Waals surface area contributed by atoms with Gasteiger partial charge in [0, 0.05) is 5.92 Å². The molecule has 2 aromatic rings. The molecular weight excluding hydrogens is 286 g/mol. The number of fused-ring (bicyclic) bond motifs is 1. The standard InChI is InChI=1S/C15H17N3O4/c19-13(16-17-14(20)10-5-1-2-6-10)9-18-11-7-3-4-8-12(11)22-15(18)21/h3-4,7-8,10H,1-2,5-6,9H2,(H,16,19)(H,17,20). The van der Waals surface area contributed by atoms with Crippen LogP contribution < -0.4 is 16.6 Å². The SMILES string of the molecule is O=C(Cn1c(=O)oc2ccccc21)NNC(=O)C1CCCC1. The minimum atomic E-state index is -0.599. The zero-order valence-electron chi connectivity index (χ0n) is 12.0. The molecule has 1 aliphatic carbocycles. The number of carbonyl (C=O) groups is 2. The molecule has 1 aromatic carbocycles. The van der Waals surface area contributed by atoms with Gasteiger partial charge in [-0.3, -0.25) is 25.0 Å². The molecule has 116 valence electrons. The number of hydrazine groups is 1. The lowest BCUT2D eigenvalue weighted by molar-refractivity contribution is -0.131. The van der Waals surface area contributed by atoms with Gasteiger partial charge in [-0.05, 0) is 25.0 Å². The molecule has 2 N–H and O–H groups in total. The first-order valence-electron chi connectivity index (χ1n) is 7.32. The van der Waals surface area contributed by atoms with Crippen LogP contribution in [-0.4, -0.2) is 16.4 Å². The van der Waals surface area contributed by atoms with Crippen molar-refractivity contribution in [3.8, 4) is 0 Å². The normalized spacial score (nSPS) is 15.1. The number of hydrogen-bond acceptors (Lipinski definition) is 4. The molecule has 0 unspecified atom stereocenters. The molecule has 1 aromatic heterocycles. The maximum absolute atomic E-state index is 11.9. The number of nitrogens with zero attached hydrogens (tertiary/aromatic N) is 1. The summed E-state index contributed by atoms with van der Waals surface area (Å²) >= 11 is 0. The van der Waals surface area contributed by atoms with E-state index in [-0.39, 0.29) is 18.4 Å². The smallest absolute Gasteiger partial charge is 0.408 e. The van der Waals surface area contributed by atoms with Crippen LogP contribution in [0.3, 0.4) is 0 Å². The highest BCUT2D eigenvalue weighted by atomic mass is 16.4. The van der Waals surface area contributed by atoms with Crippen LogP contribution in [-0.2, 0) is 16.1 Å². The molecule has 0 saturated heterocycles. The van der Waals surface area contributed by atoms with E-state index in [1.807, 2.05) is 0 Å². The van der Waals surface area contributed by atoms with Crippen LogP contribution in [0.4, 0.5) is 0 Å². The Morgan fingerprint density at radius 2 is 1.91 bits per heavy atom. The fraction of sp³-hybridized carbons (Fsp3) is 0.400. The van der Waals surface area contributed by atoms with E-state index in [0.717, 1.165) is 25.7 Å². The average molecular weight is 303 g/mol. The van der Waals surface area contributed by atoms with Crippen LogP contribution in [0.2, 0.25) is 0 Å². The van der Waals surface area contributed by atoms with Crippen molar-refractivity contribution in [2.45, 2.75) is 32.2 Å². The number of nitrogens with one attached hydrogen (secondary N) is 2. The number of oxazole rings is 1. The summed E-state index contributed by atoms with van der Waals surface area (Å²) in [6, 6.07) is 6.86. The van der Waals surface area contributed by atoms with E-state index >= 15 is 0 Å². The summed E-state index contributed by atoms with van der Waals surface area (Å²) in [7, 11) is 0. The number of rotatable bonds is 3. The monoisotopic (exact) mass is 303 g/mol. The van der Waals surface area contributed by atoms with Gasteiger partial charge in [0.15, 0.2) is 5.58 Å². The van der Waals surface area contributed by atoms with Crippen molar-refractivity contribution >= 4 is 22.9 Å². The van der Waals surface area contributed by atoms with Gasteiger partial charge >= 0.3 is 5.76 Å². The molecule has 0 atom stereocenters. The Kier molecular flexibility index (Phi) is 3.95. The second-order valence-corrected chi connectivity index (χ2v) is 5.44. The number of aromatic nitrogens is 1. The number of carbonyl (C=O) groups excluding carboxylic acids is 2. The molecule has 0 spiro atoms. The predicted molar refractivity (Wildman–Crippen MR) is 78.7 cm³/mol. The van der Waals surface area contributed by atoms with Crippen molar-refractivity contribution < 1.29 is 14.0 Å². The second-order valence-electron chi connectivity index (χ2n) is 5.44. The molecule has 0 bridgehead atoms. The van der Waals surface area contributed by atoms with Crippen molar-refractivity contribution in [2.24, 2.45) is 5.92 Å². The number of hydrogen-bond donors (Lipinski definition) is 2. The van der Waals surface area contributed by atoms with Crippen molar-refractivity contribution in [2.75, 3.05) is 0 Å². The van der Waals surface area contributed by atoms with Crippen molar-refractivity contribution in [3.05, 3.63) is 34.8 Å². The maximum atomic E-state index is 11.9. The first-order chi connectivity index (χ1) is 10.6. The lowest BCUT2D eigenvalue weighted by Gasteiger charge is -2.11. The lowest BCUT2D eigenvalue weighted by Crippen LogP contribution is -2.45. The molecule has 1 aliphatic rings. The van der Waals surface area contributed by atoms with Gasteiger partial charge in [-0.1, -0.05) is 25.0 Å². The average Bonchev–Trinajstić information content (AvgIpc) is 3.14. The van der Waals surface area contributed by atoms with E-state index in [9.17, 15) is 14.4 Å². The van der Waals surface area contributed by atoms with Gasteiger partial charge in [0.05, 0.1) is 5.52 Å². The molecule has 7 heteroatoms. The van der Waals surface area contributed by atoms with Gasteiger partial charge in [-0.2, -0.15) is 0 Å². The molecule has 0 aliphatic heterocycles. The highest BCUT2D eigenvalue weighted by Gasteiger charge is 2.23. The summed E-state index contributed by atoms with van der Waals surface area (Å²) in [6.45, 7) is -0.208. The molecule has 1 heterocycles. The number of amides is 2. The van der Waals surface area contributed by atoms with Crippen molar-refractivity contribution in [1.82, 2.24) is 15.4 Å². The summed E-state index contributed by atoms with van der Waals surface area (Å²) in [5, 5.41) is 0. The summed E-state index contributed by atoms with van der Waals surface area (Å²) in [5.74, 6) is -1.27. The van der Waals surface area contributed by atoms with Crippen LogP contribution in [0.5, 0.6) is 0 Å². The number of para-hydroxylation sites is 2. The highest BCUT2D eigenvalue weighted by molar-refractivity contribution is 5.84. The molecule has 2 amide bonds. The minimum Gasteiger partial charge on any atom is -0.408 e. The van der Waals surface area contributed by atoms with Crippen LogP contribution >= 0.6 is 0 Å². The quantitative estimate of drug-likeness (QED) is 0.825. The van der Waals surface area contributed by atoms with Crippen molar-refractivity contribution in [3.63, 3.8) is 0 Å². The summed E-state index contributed by atoms with van der Waals surface area (Å²) < 4.78 is 6.28. The van der Waals surface area contributed by atoms with Gasteiger partial charge in [0.1, 0.15) is 6.54 Å². The topological polar surface area (TPSA) is 93.3 Å². The molecule has 3 rings (SSSR count). The first-order valence-corrected chi connectivity index (χ1v) is 7.32. The zero-order valence-corrected chi connectivity index (χ0v) is 12.0. The molecular formula is C15H17N3O4. The first kappa shape index (κ1) is 14.4. The van der Waals surface area contributed by atoms with Crippen LogP contribution in [0.1, 0.15) is 25.7 Å². The van der Waals surface area contributed by atoms with Gasteiger partial charge < -0.3 is 4.42 Å². The van der Waals surface area contributed by atoms with Crippen molar-refractivity contribution in [1.29, 1.82) is 0 Å². The Balaban J connectivity index is 1.62. The van der Waals surface area contributed by atoms with Crippen LogP contribution in [0.15, 0.2) is 33.5 Å². The van der Waals surface area contributed by atoms with Gasteiger partial charge in [0.25, 0.3) is 5.91 Å². The summed E-state index contributed by atoms with van der Waals surface area (Å²) in [5.41, 5.74) is 5.74. The highest BCUT2D eigenvalue weighted by Crippen LogP contribution is 2.24. The van der Waals surface area contributed by atoms with Crippen LogP contribution in [0, 0.1) is 5.92 Å². The second kappa shape index (κ2) is 6.05. The summed E-state index contributed by atoms with van der Waals surface area (Å²) in [6.07, 6.45) is 3.80. The largest absolute Gasteiger partial charge is 0.420 e. The third kappa shape index (κ3) is 2.88. The molecule has 7 nitrogen and oxygen atoms in total. The molecule has 1 saturated carbocycles. The fourth-order valence-electron chi connectivity index (χ4n) is 2.77. The fourth-order valence-corrected chi connectivity index (χ4v) is 2.77. The Hall–Kier alpha value is -2.57. The maximum Gasteiger partial charge on any atom is 0.420 e. The summed E-state index contributed by atoms with van der Waals surface area (Å²) in [4.78, 5) is 35.5. The van der Waals surface area contributed by atoms with Gasteiger partial charge in [-0.25, -0.2) is 4.79 Å².